The van der Waals surface area contributed by atoms with E-state index < -0.39 is 14.2 Å². The Kier molecular flexibility index (Phi) is 2.96. The average Bonchev–Trinajstić information content (AvgIpc) is 1.55. The van der Waals surface area contributed by atoms with Crippen molar-refractivity contribution >= 4 is 14.2 Å². The van der Waals surface area contributed by atoms with Crippen molar-refractivity contribution in [2.45, 2.75) is 0 Å². The molecule has 0 aliphatic heterocycles. The number of hydrogen-bond acceptors (Lipinski definition) is 1. The second-order valence-electron chi connectivity index (χ2n) is 5.06. The van der Waals surface area contributed by atoms with Gasteiger partial charge in [0, 0.05) is 0 Å². The van der Waals surface area contributed by atoms with Crippen molar-refractivity contribution < 1.29 is 14.4 Å². The molecule has 0 aromatic carbocycles. The van der Waals surface area contributed by atoms with E-state index in [2.05, 4.69) is 26.7 Å². The number of rotatable bonds is 3. The monoisotopic (exact) mass is 200 g/mol. The fourth-order valence-corrected chi connectivity index (χ4v) is 4.77. The Hall–Kier alpha value is 0.580. The summed E-state index contributed by atoms with van der Waals surface area (Å²) in [5.74, 6) is 0. The van der Waals surface area contributed by atoms with E-state index in [1.165, 1.54) is 0 Å². The summed E-state index contributed by atoms with van der Waals surface area (Å²) in [4.78, 5) is 17.3. The molecule has 0 unspecified atom stereocenters. The zero-order valence-corrected chi connectivity index (χ0v) is 9.40. The molecule has 0 aromatic rings. The van der Waals surface area contributed by atoms with Crippen molar-refractivity contribution in [3.8, 4) is 0 Å². The van der Waals surface area contributed by atoms with Crippen LogP contribution in [0.1, 0.15) is 0 Å². The summed E-state index contributed by atoms with van der Waals surface area (Å²) < 4.78 is 10.5. The SMILES string of the molecule is CP(C)(C)(C)CCP(=O)(O)O. The van der Waals surface area contributed by atoms with Gasteiger partial charge in [-0.1, -0.05) is 0 Å². The van der Waals surface area contributed by atoms with Crippen LogP contribution in [0.4, 0.5) is 0 Å². The minimum absolute atomic E-state index is 0.0326. The van der Waals surface area contributed by atoms with Gasteiger partial charge in [-0.2, -0.15) is 0 Å². The van der Waals surface area contributed by atoms with Crippen molar-refractivity contribution in [2.75, 3.05) is 39.0 Å². The van der Waals surface area contributed by atoms with Gasteiger partial charge in [0.15, 0.2) is 0 Å². The van der Waals surface area contributed by atoms with Crippen LogP contribution in [0.2, 0.25) is 0 Å². The quantitative estimate of drug-likeness (QED) is 0.674. The van der Waals surface area contributed by atoms with Gasteiger partial charge >= 0.3 is 67.5 Å². The van der Waals surface area contributed by atoms with E-state index in [1.54, 1.807) is 0 Å². The van der Waals surface area contributed by atoms with Crippen LogP contribution in [0.3, 0.4) is 0 Å². The van der Waals surface area contributed by atoms with Crippen molar-refractivity contribution in [3.05, 3.63) is 0 Å². The summed E-state index contributed by atoms with van der Waals surface area (Å²) in [7, 11) is -3.77. The van der Waals surface area contributed by atoms with Crippen LogP contribution in [-0.4, -0.2) is 48.8 Å². The van der Waals surface area contributed by atoms with Gasteiger partial charge in [0.05, 0.1) is 0 Å². The summed E-state index contributed by atoms with van der Waals surface area (Å²) >= 11 is 0. The molecule has 0 amide bonds. The maximum atomic E-state index is 10.5. The third-order valence-electron chi connectivity index (χ3n) is 1.29. The molecule has 0 rings (SSSR count). The van der Waals surface area contributed by atoms with Crippen molar-refractivity contribution in [3.63, 3.8) is 0 Å². The molecule has 0 saturated heterocycles. The molecule has 5 heteroatoms. The van der Waals surface area contributed by atoms with Crippen LogP contribution >= 0.6 is 14.2 Å². The van der Waals surface area contributed by atoms with Crippen molar-refractivity contribution in [2.24, 2.45) is 0 Å². The standard InChI is InChI=1S/C6H18O3P2/c1-11(2,3,4)6-5-10(7,8)9/h5-6H2,1-4H3,(H2,7,8,9). The number of hydrogen-bond donors (Lipinski definition) is 2. The summed E-state index contributed by atoms with van der Waals surface area (Å²) in [5, 5.41) is 0. The van der Waals surface area contributed by atoms with Gasteiger partial charge in [-0.05, 0) is 0 Å². The first-order valence-electron chi connectivity index (χ1n) is 3.50. The van der Waals surface area contributed by atoms with Crippen LogP contribution in [-0.2, 0) is 4.57 Å². The molecular formula is C6H18O3P2. The van der Waals surface area contributed by atoms with Crippen molar-refractivity contribution in [1.82, 2.24) is 0 Å². The molecule has 0 bridgehead atoms. The predicted molar refractivity (Wildman–Crippen MR) is 52.4 cm³/mol. The van der Waals surface area contributed by atoms with Crippen LogP contribution in [0.15, 0.2) is 0 Å². The van der Waals surface area contributed by atoms with E-state index in [1.807, 2.05) is 0 Å². The van der Waals surface area contributed by atoms with Crippen LogP contribution in [0.5, 0.6) is 0 Å². The Morgan fingerprint density at radius 2 is 1.55 bits per heavy atom. The third kappa shape index (κ3) is 10.6. The Labute approximate surface area is 68.3 Å². The normalized spacial score (nSPS) is 17.5. The van der Waals surface area contributed by atoms with Gasteiger partial charge in [0.2, 0.25) is 0 Å². The van der Waals surface area contributed by atoms with Crippen LogP contribution in [0.25, 0.3) is 0 Å². The summed E-state index contributed by atoms with van der Waals surface area (Å²) in [6, 6.07) is 0. The van der Waals surface area contributed by atoms with E-state index >= 15 is 0 Å². The Morgan fingerprint density at radius 1 is 1.18 bits per heavy atom. The second-order valence-corrected chi connectivity index (χ2v) is 15.2. The van der Waals surface area contributed by atoms with Gasteiger partial charge in [-0.25, -0.2) is 0 Å². The molecule has 0 aromatic heterocycles. The van der Waals surface area contributed by atoms with E-state index in [-0.39, 0.29) is 6.16 Å². The Bertz CT molecular complexity index is 176. The minimum atomic E-state index is -3.77. The topological polar surface area (TPSA) is 57.5 Å². The molecule has 0 aliphatic carbocycles. The first-order chi connectivity index (χ1) is 4.46. The summed E-state index contributed by atoms with van der Waals surface area (Å²) in [5.41, 5.74) is 0. The molecule has 0 radical (unpaired) electrons. The van der Waals surface area contributed by atoms with E-state index in [0.717, 1.165) is 0 Å². The van der Waals surface area contributed by atoms with Gasteiger partial charge in [0.1, 0.15) is 0 Å². The Balaban J connectivity index is 4.02. The molecular weight excluding hydrogens is 182 g/mol. The van der Waals surface area contributed by atoms with Gasteiger partial charge < -0.3 is 0 Å². The van der Waals surface area contributed by atoms with E-state index in [0.29, 0.717) is 6.16 Å². The fourth-order valence-electron chi connectivity index (χ4n) is 0.530. The van der Waals surface area contributed by atoms with Gasteiger partial charge in [-0.3, -0.25) is 0 Å². The molecule has 0 atom stereocenters. The summed E-state index contributed by atoms with van der Waals surface area (Å²) in [6.45, 7) is 6.74. The van der Waals surface area contributed by atoms with Crippen molar-refractivity contribution in [1.29, 1.82) is 0 Å². The Morgan fingerprint density at radius 3 is 1.64 bits per heavy atom. The molecule has 70 valence electrons. The molecule has 0 fully saturated rings. The zero-order chi connectivity index (χ0) is 9.36. The van der Waals surface area contributed by atoms with Gasteiger partial charge in [-0.15, -0.1) is 0 Å². The molecule has 0 heterocycles. The third-order valence-corrected chi connectivity index (χ3v) is 4.46. The molecule has 0 spiro atoms. The van der Waals surface area contributed by atoms with Gasteiger partial charge in [0.25, 0.3) is 0 Å². The zero-order valence-electron chi connectivity index (χ0n) is 7.61. The van der Waals surface area contributed by atoms with Crippen LogP contribution < -0.4 is 0 Å². The molecule has 0 aliphatic rings. The maximum absolute atomic E-state index is 10.5. The first kappa shape index (κ1) is 11.6. The second kappa shape index (κ2) is 2.81. The molecule has 2 N–H and O–H groups in total. The summed E-state index contributed by atoms with van der Waals surface area (Å²) in [6.07, 6.45) is 0.695. The van der Waals surface area contributed by atoms with E-state index in [4.69, 9.17) is 9.79 Å². The van der Waals surface area contributed by atoms with E-state index in [9.17, 15) is 4.57 Å². The molecule has 11 heavy (non-hydrogen) atoms. The first-order valence-corrected chi connectivity index (χ1v) is 9.51. The molecule has 0 saturated carbocycles. The van der Waals surface area contributed by atoms with Crippen LogP contribution in [0, 0.1) is 0 Å². The average molecular weight is 200 g/mol. The fraction of sp³-hybridized carbons (Fsp3) is 1.00. The molecule has 3 nitrogen and oxygen atoms in total. The predicted octanol–water partition coefficient (Wildman–Crippen LogP) is 1.24.